The Morgan fingerprint density at radius 3 is 2.27 bits per heavy atom. The van der Waals surface area contributed by atoms with Gasteiger partial charge < -0.3 is 14.7 Å². The van der Waals surface area contributed by atoms with E-state index in [-0.39, 0.29) is 11.8 Å². The molecular weight excluding hydrogens is 165 g/mol. The summed E-state index contributed by atoms with van der Waals surface area (Å²) in [6, 6.07) is 0. The van der Waals surface area contributed by atoms with Crippen LogP contribution in [0.3, 0.4) is 0 Å². The van der Waals surface area contributed by atoms with Crippen molar-refractivity contribution in [2.45, 2.75) is 26.3 Å². The van der Waals surface area contributed by atoms with E-state index in [1.165, 1.54) is 7.11 Å². The third kappa shape index (κ3) is 6.51. The number of hydrogen-bond donors (Lipinski definition) is 2. The first kappa shape index (κ1) is 11.1. The van der Waals surface area contributed by atoms with Crippen LogP contribution in [-0.2, 0) is 9.09 Å². The molecule has 1 unspecified atom stereocenters. The highest BCUT2D eigenvalue weighted by Crippen LogP contribution is 2.39. The van der Waals surface area contributed by atoms with Gasteiger partial charge in [-0.3, -0.25) is 4.57 Å². The smallest absolute Gasteiger partial charge is 0.323 e. The summed E-state index contributed by atoms with van der Waals surface area (Å²) < 4.78 is 15.3. The highest BCUT2D eigenvalue weighted by molar-refractivity contribution is 7.52. The summed E-state index contributed by atoms with van der Waals surface area (Å²) in [6.45, 7) is 5.76. The lowest BCUT2D eigenvalue weighted by molar-refractivity contribution is 0.304. The predicted molar refractivity (Wildman–Crippen MR) is 44.6 cm³/mol. The van der Waals surface area contributed by atoms with Crippen molar-refractivity contribution >= 4 is 7.60 Å². The molecule has 1 atom stereocenters. The molecule has 0 rings (SSSR count). The fourth-order valence-corrected chi connectivity index (χ4v) is 1.20. The quantitative estimate of drug-likeness (QED) is 0.641. The average molecular weight is 181 g/mol. The van der Waals surface area contributed by atoms with Crippen molar-refractivity contribution in [1.29, 1.82) is 0 Å². The molecule has 0 bridgehead atoms. The van der Waals surface area contributed by atoms with E-state index in [9.17, 15) is 4.57 Å². The van der Waals surface area contributed by atoms with Gasteiger partial charge in [0.2, 0.25) is 0 Å². The molecule has 0 saturated heterocycles. The Morgan fingerprint density at radius 2 is 2.00 bits per heavy atom. The summed E-state index contributed by atoms with van der Waals surface area (Å²) in [5, 5.41) is 2.87. The summed E-state index contributed by atoms with van der Waals surface area (Å²) >= 11 is 0. The van der Waals surface area contributed by atoms with E-state index in [1.807, 2.05) is 20.8 Å². The molecule has 11 heavy (non-hydrogen) atoms. The molecule has 0 aromatic rings. The second-order valence-electron chi connectivity index (χ2n) is 3.40. The van der Waals surface area contributed by atoms with Crippen LogP contribution in [0.1, 0.15) is 20.8 Å². The van der Waals surface area contributed by atoms with E-state index in [0.717, 1.165) is 0 Å². The molecule has 2 N–H and O–H groups in total. The molecule has 0 fully saturated rings. The number of nitrogens with one attached hydrogen (secondary N) is 1. The molecular formula is C6H16NO3P. The van der Waals surface area contributed by atoms with Crippen LogP contribution in [0, 0.1) is 0 Å². The predicted octanol–water partition coefficient (Wildman–Crippen LogP) is 1.16. The van der Waals surface area contributed by atoms with E-state index in [4.69, 9.17) is 4.89 Å². The maximum Gasteiger partial charge on any atom is 0.341 e. The number of hydrogen-bond acceptors (Lipinski definition) is 3. The molecule has 0 aromatic carbocycles. The second-order valence-corrected chi connectivity index (χ2v) is 5.36. The Hall–Kier alpha value is 0.110. The van der Waals surface area contributed by atoms with Gasteiger partial charge in [-0.25, -0.2) is 0 Å². The lowest BCUT2D eigenvalue weighted by atomic mass is 10.1. The number of rotatable bonds is 3. The Morgan fingerprint density at radius 1 is 1.55 bits per heavy atom. The van der Waals surface area contributed by atoms with Crippen molar-refractivity contribution in [1.82, 2.24) is 5.32 Å². The first-order valence-electron chi connectivity index (χ1n) is 3.39. The molecule has 5 heteroatoms. The summed E-state index contributed by atoms with van der Waals surface area (Å²) in [6.07, 6.45) is -0.00694. The van der Waals surface area contributed by atoms with E-state index in [2.05, 4.69) is 9.84 Å². The molecule has 4 nitrogen and oxygen atoms in total. The van der Waals surface area contributed by atoms with Crippen LogP contribution in [0.25, 0.3) is 0 Å². The highest BCUT2D eigenvalue weighted by Gasteiger charge is 2.20. The molecule has 0 aromatic heterocycles. The molecule has 0 aliphatic rings. The molecule has 0 saturated carbocycles. The zero-order chi connectivity index (χ0) is 9.12. The zero-order valence-corrected chi connectivity index (χ0v) is 8.31. The van der Waals surface area contributed by atoms with Crippen molar-refractivity contribution in [3.8, 4) is 0 Å². The standard InChI is InChI=1S/C6H16NO3P/c1-6(2,3)7-5-11(8,9)10-4/h7H,5H2,1-4H3,(H,8,9). The van der Waals surface area contributed by atoms with Gasteiger partial charge in [0.05, 0.1) is 6.29 Å². The molecule has 68 valence electrons. The van der Waals surface area contributed by atoms with Gasteiger partial charge in [-0.05, 0) is 20.8 Å². The first-order valence-corrected chi connectivity index (χ1v) is 5.16. The molecule has 0 radical (unpaired) electrons. The fraction of sp³-hybridized carbons (Fsp3) is 1.00. The maximum atomic E-state index is 10.9. The van der Waals surface area contributed by atoms with Gasteiger partial charge in [-0.2, -0.15) is 0 Å². The molecule has 0 spiro atoms. The summed E-state index contributed by atoms with van der Waals surface area (Å²) in [7, 11) is -2.15. The summed E-state index contributed by atoms with van der Waals surface area (Å²) in [5.41, 5.74) is -0.156. The topological polar surface area (TPSA) is 58.6 Å². The first-order chi connectivity index (χ1) is 4.77. The van der Waals surface area contributed by atoms with Crippen LogP contribution < -0.4 is 5.32 Å². The van der Waals surface area contributed by atoms with Crippen molar-refractivity contribution in [2.75, 3.05) is 13.4 Å². The second kappa shape index (κ2) is 3.68. The van der Waals surface area contributed by atoms with Crippen molar-refractivity contribution in [3.05, 3.63) is 0 Å². The fourth-order valence-electron chi connectivity index (χ4n) is 0.402. The SMILES string of the molecule is COP(=O)(O)CNC(C)(C)C. The molecule has 0 aliphatic carbocycles. The molecule has 0 amide bonds. The van der Waals surface area contributed by atoms with Gasteiger partial charge in [0.15, 0.2) is 0 Å². The van der Waals surface area contributed by atoms with Crippen LogP contribution in [-0.4, -0.2) is 23.8 Å². The Balaban J connectivity index is 3.80. The third-order valence-corrected chi connectivity index (χ3v) is 2.22. The minimum Gasteiger partial charge on any atom is -0.323 e. The van der Waals surface area contributed by atoms with E-state index in [0.29, 0.717) is 0 Å². The van der Waals surface area contributed by atoms with Gasteiger partial charge >= 0.3 is 7.60 Å². The highest BCUT2D eigenvalue weighted by atomic mass is 31.2. The van der Waals surface area contributed by atoms with Crippen LogP contribution in [0.5, 0.6) is 0 Å². The van der Waals surface area contributed by atoms with Gasteiger partial charge in [-0.15, -0.1) is 0 Å². The Labute approximate surface area is 67.5 Å². The van der Waals surface area contributed by atoms with E-state index < -0.39 is 7.60 Å². The Kier molecular flexibility index (Phi) is 3.71. The lowest BCUT2D eigenvalue weighted by Gasteiger charge is -2.21. The van der Waals surface area contributed by atoms with Gasteiger partial charge in [0.1, 0.15) is 0 Å². The largest absolute Gasteiger partial charge is 0.341 e. The van der Waals surface area contributed by atoms with Crippen molar-refractivity contribution in [2.24, 2.45) is 0 Å². The van der Waals surface area contributed by atoms with Gasteiger partial charge in [0.25, 0.3) is 0 Å². The van der Waals surface area contributed by atoms with Crippen LogP contribution >= 0.6 is 7.60 Å². The Bertz CT molecular complexity index is 164. The van der Waals surface area contributed by atoms with Crippen LogP contribution in [0.2, 0.25) is 0 Å². The van der Waals surface area contributed by atoms with Crippen molar-refractivity contribution < 1.29 is 14.0 Å². The average Bonchev–Trinajstić information content (AvgIpc) is 1.83. The van der Waals surface area contributed by atoms with Crippen LogP contribution in [0.4, 0.5) is 0 Å². The van der Waals surface area contributed by atoms with Gasteiger partial charge in [-0.1, -0.05) is 0 Å². The van der Waals surface area contributed by atoms with Gasteiger partial charge in [0, 0.05) is 12.6 Å². The zero-order valence-electron chi connectivity index (χ0n) is 7.42. The normalized spacial score (nSPS) is 17.9. The van der Waals surface area contributed by atoms with Crippen LogP contribution in [0.15, 0.2) is 0 Å². The summed E-state index contributed by atoms with van der Waals surface area (Å²) in [4.78, 5) is 8.96. The van der Waals surface area contributed by atoms with E-state index in [1.54, 1.807) is 0 Å². The molecule has 0 heterocycles. The summed E-state index contributed by atoms with van der Waals surface area (Å²) in [5.74, 6) is 0. The van der Waals surface area contributed by atoms with E-state index >= 15 is 0 Å². The van der Waals surface area contributed by atoms with Crippen molar-refractivity contribution in [3.63, 3.8) is 0 Å². The maximum absolute atomic E-state index is 10.9. The molecule has 0 aliphatic heterocycles. The third-order valence-electron chi connectivity index (χ3n) is 1.09. The minimum absolute atomic E-state index is 0.00694. The lowest BCUT2D eigenvalue weighted by Crippen LogP contribution is -2.36. The monoisotopic (exact) mass is 181 g/mol. The minimum atomic E-state index is -3.38.